The summed E-state index contributed by atoms with van der Waals surface area (Å²) in [6.07, 6.45) is -1.75. The number of para-hydroxylation sites is 1. The normalized spacial score (nSPS) is 12.6. The minimum absolute atomic E-state index is 0.0846. The van der Waals surface area contributed by atoms with Crippen LogP contribution in [-0.2, 0) is 6.18 Å². The second kappa shape index (κ2) is 9.00. The Kier molecular flexibility index (Phi) is 6.41. The predicted octanol–water partition coefficient (Wildman–Crippen LogP) is 4.21. The minimum atomic E-state index is -4.51. The van der Waals surface area contributed by atoms with Gasteiger partial charge >= 0.3 is 6.18 Å². The number of rotatable bonds is 6. The van der Waals surface area contributed by atoms with Crippen molar-refractivity contribution in [2.45, 2.75) is 6.18 Å². The summed E-state index contributed by atoms with van der Waals surface area (Å²) in [6.45, 7) is 0.726. The Hall–Kier alpha value is -3.33. The van der Waals surface area contributed by atoms with E-state index in [0.29, 0.717) is 29.8 Å². The molecule has 0 aliphatic rings. The largest absolute Gasteiger partial charge is 0.416 e. The Labute approximate surface area is 175 Å². The molecule has 0 saturated carbocycles. The number of amidine groups is 1. The highest BCUT2D eigenvalue weighted by atomic mass is 35.5. The van der Waals surface area contributed by atoms with Crippen molar-refractivity contribution in [3.63, 3.8) is 0 Å². The molecule has 1 aromatic heterocycles. The maximum Gasteiger partial charge on any atom is 0.416 e. The Morgan fingerprint density at radius 3 is 2.67 bits per heavy atom. The first-order chi connectivity index (χ1) is 14.3. The predicted molar refractivity (Wildman–Crippen MR) is 113 cm³/mol. The summed E-state index contributed by atoms with van der Waals surface area (Å²) in [7, 11) is 0. The van der Waals surface area contributed by atoms with E-state index in [2.05, 4.69) is 20.3 Å². The van der Waals surface area contributed by atoms with Crippen LogP contribution in [-0.4, -0.2) is 28.9 Å². The molecule has 0 unspecified atom stereocenters. The summed E-state index contributed by atoms with van der Waals surface area (Å²) in [5, 5.41) is 3.96. The van der Waals surface area contributed by atoms with Gasteiger partial charge in [-0.25, -0.2) is 9.97 Å². The molecule has 2 aromatic carbocycles. The summed E-state index contributed by atoms with van der Waals surface area (Å²) in [5.74, 6) is 0.817. The molecule has 6 nitrogen and oxygen atoms in total. The maximum absolute atomic E-state index is 13.1. The van der Waals surface area contributed by atoms with E-state index < -0.39 is 11.7 Å². The molecule has 0 atom stereocenters. The van der Waals surface area contributed by atoms with Gasteiger partial charge < -0.3 is 16.8 Å². The van der Waals surface area contributed by atoms with Crippen LogP contribution in [0.3, 0.4) is 0 Å². The minimum Gasteiger partial charge on any atom is -0.404 e. The Morgan fingerprint density at radius 2 is 1.93 bits per heavy atom. The summed E-state index contributed by atoms with van der Waals surface area (Å²) in [4.78, 5) is 12.9. The van der Waals surface area contributed by atoms with Crippen LogP contribution in [0.4, 0.5) is 19.0 Å². The van der Waals surface area contributed by atoms with E-state index >= 15 is 0 Å². The lowest BCUT2D eigenvalue weighted by molar-refractivity contribution is -0.137. The highest BCUT2D eigenvalue weighted by Crippen LogP contribution is 2.36. The number of anilines is 1. The van der Waals surface area contributed by atoms with Crippen LogP contribution in [0.2, 0.25) is 5.02 Å². The standard InChI is InChI=1S/C20H18ClF3N6/c21-15-6-5-12(20(22,23)24)11-14(15)19-29-16-4-2-1-3-13(16)18(30-19)28-10-9-27-17(26)7-8-25/h1-8,11H,9-10,25H2,(H2,26,27)(H,28,29,30). The number of benzene rings is 2. The van der Waals surface area contributed by atoms with E-state index in [1.54, 1.807) is 12.1 Å². The molecule has 0 bridgehead atoms. The van der Waals surface area contributed by atoms with Crippen molar-refractivity contribution in [1.82, 2.24) is 9.97 Å². The van der Waals surface area contributed by atoms with Crippen LogP contribution < -0.4 is 16.8 Å². The molecule has 5 N–H and O–H groups in total. The monoisotopic (exact) mass is 434 g/mol. The van der Waals surface area contributed by atoms with E-state index in [4.69, 9.17) is 23.1 Å². The lowest BCUT2D eigenvalue weighted by Crippen LogP contribution is -2.13. The molecule has 0 amide bonds. The first kappa shape index (κ1) is 21.4. The van der Waals surface area contributed by atoms with Crippen molar-refractivity contribution in [2.24, 2.45) is 16.5 Å². The fourth-order valence-electron chi connectivity index (χ4n) is 2.72. The van der Waals surface area contributed by atoms with Gasteiger partial charge in [0.05, 0.1) is 22.6 Å². The van der Waals surface area contributed by atoms with E-state index in [1.807, 2.05) is 12.1 Å². The Morgan fingerprint density at radius 1 is 1.17 bits per heavy atom. The molecule has 0 radical (unpaired) electrons. The second-order valence-electron chi connectivity index (χ2n) is 6.20. The van der Waals surface area contributed by atoms with Gasteiger partial charge in [-0.3, -0.25) is 4.99 Å². The van der Waals surface area contributed by atoms with Crippen LogP contribution >= 0.6 is 11.6 Å². The van der Waals surface area contributed by atoms with Crippen LogP contribution in [0.15, 0.2) is 59.7 Å². The van der Waals surface area contributed by atoms with Crippen molar-refractivity contribution >= 4 is 34.2 Å². The number of halogens is 4. The van der Waals surface area contributed by atoms with Gasteiger partial charge in [-0.05, 0) is 42.6 Å². The van der Waals surface area contributed by atoms with Gasteiger partial charge in [0.1, 0.15) is 11.7 Å². The van der Waals surface area contributed by atoms with Gasteiger partial charge in [0.2, 0.25) is 0 Å². The number of aromatic nitrogens is 2. The number of nitrogens with one attached hydrogen (secondary N) is 1. The van der Waals surface area contributed by atoms with Gasteiger partial charge in [-0.15, -0.1) is 0 Å². The number of hydrogen-bond acceptors (Lipinski definition) is 5. The molecule has 0 aliphatic heterocycles. The average Bonchev–Trinajstić information content (AvgIpc) is 2.70. The van der Waals surface area contributed by atoms with Crippen LogP contribution in [0.1, 0.15) is 5.56 Å². The molecular weight excluding hydrogens is 417 g/mol. The fraction of sp³-hybridized carbons (Fsp3) is 0.150. The summed E-state index contributed by atoms with van der Waals surface area (Å²) >= 11 is 6.16. The molecule has 3 aromatic rings. The molecule has 3 rings (SSSR count). The molecule has 0 saturated heterocycles. The lowest BCUT2D eigenvalue weighted by atomic mass is 10.1. The highest BCUT2D eigenvalue weighted by molar-refractivity contribution is 6.33. The Balaban J connectivity index is 1.99. The second-order valence-corrected chi connectivity index (χ2v) is 6.61. The van der Waals surface area contributed by atoms with Gasteiger partial charge in [-0.2, -0.15) is 13.2 Å². The van der Waals surface area contributed by atoms with E-state index in [1.165, 1.54) is 18.3 Å². The number of nitrogens with zero attached hydrogens (tertiary/aromatic N) is 3. The molecule has 0 spiro atoms. The smallest absolute Gasteiger partial charge is 0.404 e. The van der Waals surface area contributed by atoms with Crippen LogP contribution in [0.5, 0.6) is 0 Å². The average molecular weight is 435 g/mol. The van der Waals surface area contributed by atoms with Crippen molar-refractivity contribution in [3.05, 3.63) is 65.3 Å². The zero-order chi connectivity index (χ0) is 21.7. The van der Waals surface area contributed by atoms with Crippen LogP contribution in [0, 0.1) is 0 Å². The van der Waals surface area contributed by atoms with Crippen molar-refractivity contribution < 1.29 is 13.2 Å². The maximum atomic E-state index is 13.1. The molecule has 0 fully saturated rings. The van der Waals surface area contributed by atoms with Crippen molar-refractivity contribution in [2.75, 3.05) is 18.4 Å². The zero-order valence-corrected chi connectivity index (χ0v) is 16.4. The number of nitrogens with two attached hydrogens (primary N) is 2. The fourth-order valence-corrected chi connectivity index (χ4v) is 2.92. The first-order valence-electron chi connectivity index (χ1n) is 8.85. The third-order valence-corrected chi connectivity index (χ3v) is 4.43. The lowest BCUT2D eigenvalue weighted by Gasteiger charge is -2.13. The third kappa shape index (κ3) is 4.98. The number of fused-ring (bicyclic) bond motifs is 1. The quantitative estimate of drug-likeness (QED) is 0.306. The van der Waals surface area contributed by atoms with E-state index in [0.717, 1.165) is 12.1 Å². The van der Waals surface area contributed by atoms with Crippen molar-refractivity contribution in [3.8, 4) is 11.4 Å². The summed E-state index contributed by atoms with van der Waals surface area (Å²) in [5.41, 5.74) is 10.7. The number of hydrogen-bond donors (Lipinski definition) is 3. The first-order valence-corrected chi connectivity index (χ1v) is 9.23. The molecular formula is C20H18ClF3N6. The topological polar surface area (TPSA) is 102 Å². The van der Waals surface area contributed by atoms with Crippen molar-refractivity contribution in [1.29, 1.82) is 0 Å². The molecule has 156 valence electrons. The number of aliphatic imine (C=N–C) groups is 1. The molecule has 1 heterocycles. The number of alkyl halides is 3. The molecule has 10 heteroatoms. The summed E-state index contributed by atoms with van der Waals surface area (Å²) < 4.78 is 39.4. The zero-order valence-electron chi connectivity index (χ0n) is 15.6. The SMILES string of the molecule is NC=CC(N)=NCCNc1nc(-c2cc(C(F)(F)F)ccc2Cl)nc2ccccc12. The molecule has 0 aliphatic carbocycles. The van der Waals surface area contributed by atoms with Gasteiger partial charge in [-0.1, -0.05) is 23.7 Å². The van der Waals surface area contributed by atoms with Gasteiger partial charge in [0, 0.05) is 17.5 Å². The third-order valence-electron chi connectivity index (χ3n) is 4.10. The summed E-state index contributed by atoms with van der Waals surface area (Å²) in [6, 6.07) is 10.2. The Bertz CT molecular complexity index is 1110. The van der Waals surface area contributed by atoms with E-state index in [-0.39, 0.29) is 22.2 Å². The van der Waals surface area contributed by atoms with E-state index in [9.17, 15) is 13.2 Å². The molecule has 30 heavy (non-hydrogen) atoms. The van der Waals surface area contributed by atoms with Gasteiger partial charge in [0.25, 0.3) is 0 Å². The highest BCUT2D eigenvalue weighted by Gasteiger charge is 2.31. The van der Waals surface area contributed by atoms with Gasteiger partial charge in [0.15, 0.2) is 5.82 Å². The van der Waals surface area contributed by atoms with Crippen LogP contribution in [0.25, 0.3) is 22.3 Å².